The average molecular weight is 1450 g/mol. The summed E-state index contributed by atoms with van der Waals surface area (Å²) in [7, 11) is -9.96. The van der Waals surface area contributed by atoms with Gasteiger partial charge in [-0.05, 0) is 128 Å². The lowest BCUT2D eigenvalue weighted by Crippen LogP contribution is -2.30. The van der Waals surface area contributed by atoms with Gasteiger partial charge in [0.25, 0.3) is 0 Å². The van der Waals surface area contributed by atoms with E-state index in [1.807, 2.05) is 0 Å². The lowest BCUT2D eigenvalue weighted by atomic mass is 10.0. The van der Waals surface area contributed by atoms with Gasteiger partial charge >= 0.3 is 39.5 Å². The summed E-state index contributed by atoms with van der Waals surface area (Å²) in [5.41, 5.74) is 0. The molecule has 0 saturated heterocycles. The second-order valence-corrected chi connectivity index (χ2v) is 29.2. The third-order valence-corrected chi connectivity index (χ3v) is 18.4. The van der Waals surface area contributed by atoms with E-state index in [2.05, 4.69) is 125 Å². The molecule has 17 nitrogen and oxygen atoms in total. The predicted molar refractivity (Wildman–Crippen MR) is 409 cm³/mol. The number of hydrogen-bond acceptors (Lipinski definition) is 15. The number of allylic oxidation sites excluding steroid dienone is 16. The van der Waals surface area contributed by atoms with Gasteiger partial charge in [-0.2, -0.15) is 0 Å². The number of hydrogen-bond donors (Lipinski definition) is 3. The van der Waals surface area contributed by atoms with E-state index >= 15 is 0 Å². The van der Waals surface area contributed by atoms with Gasteiger partial charge in [0.05, 0.1) is 26.4 Å². The molecule has 0 bridgehead atoms. The van der Waals surface area contributed by atoms with E-state index in [0.29, 0.717) is 25.7 Å². The van der Waals surface area contributed by atoms with Gasteiger partial charge in [-0.25, -0.2) is 9.13 Å². The first-order chi connectivity index (χ1) is 48.7. The third-order valence-electron chi connectivity index (χ3n) is 16.5. The number of phosphoric acid groups is 2. The summed E-state index contributed by atoms with van der Waals surface area (Å²) in [6.07, 6.45) is 76.7. The summed E-state index contributed by atoms with van der Waals surface area (Å²) in [4.78, 5) is 72.9. The van der Waals surface area contributed by atoms with Crippen molar-refractivity contribution in [3.63, 3.8) is 0 Å². The third kappa shape index (κ3) is 72.3. The van der Waals surface area contributed by atoms with Crippen LogP contribution in [0.4, 0.5) is 0 Å². The van der Waals surface area contributed by atoms with Crippen molar-refractivity contribution in [2.45, 2.75) is 354 Å². The van der Waals surface area contributed by atoms with E-state index in [9.17, 15) is 43.2 Å². The Hall–Kier alpha value is -4.02. The van der Waals surface area contributed by atoms with E-state index in [-0.39, 0.29) is 25.7 Å². The number of carbonyl (C=O) groups is 4. The van der Waals surface area contributed by atoms with Crippen molar-refractivity contribution in [3.05, 3.63) is 97.2 Å². The van der Waals surface area contributed by atoms with Crippen molar-refractivity contribution in [1.82, 2.24) is 0 Å². The summed E-state index contributed by atoms with van der Waals surface area (Å²) < 4.78 is 68.5. The van der Waals surface area contributed by atoms with Crippen LogP contribution >= 0.6 is 15.6 Å². The maximum Gasteiger partial charge on any atom is 0.472 e. The minimum atomic E-state index is -4.98. The molecule has 578 valence electrons. The highest BCUT2D eigenvalue weighted by Crippen LogP contribution is 2.45. The minimum Gasteiger partial charge on any atom is -0.462 e. The van der Waals surface area contributed by atoms with Crippen molar-refractivity contribution >= 4 is 39.5 Å². The number of aliphatic hydroxyl groups is 1. The van der Waals surface area contributed by atoms with Crippen LogP contribution in [0.15, 0.2) is 97.2 Å². The van der Waals surface area contributed by atoms with Crippen LogP contribution in [-0.2, 0) is 65.4 Å². The van der Waals surface area contributed by atoms with Crippen molar-refractivity contribution < 1.29 is 80.2 Å². The van der Waals surface area contributed by atoms with Gasteiger partial charge < -0.3 is 33.8 Å². The number of carbonyl (C=O) groups excluding carboxylic acids is 4. The molecule has 0 aliphatic carbocycles. The molecule has 0 saturated carbocycles. The number of esters is 4. The molecule has 0 amide bonds. The molecule has 0 radical (unpaired) electrons. The average Bonchev–Trinajstić information content (AvgIpc) is 0.965. The zero-order valence-electron chi connectivity index (χ0n) is 63.1. The smallest absolute Gasteiger partial charge is 0.462 e. The molecule has 0 fully saturated rings. The number of aliphatic hydroxyl groups excluding tert-OH is 1. The van der Waals surface area contributed by atoms with Crippen LogP contribution in [0, 0.1) is 0 Å². The van der Waals surface area contributed by atoms with Gasteiger partial charge in [-0.1, -0.05) is 279 Å². The highest BCUT2D eigenvalue weighted by molar-refractivity contribution is 7.47. The number of unbranched alkanes of at least 4 members (excludes halogenated alkanes) is 32. The van der Waals surface area contributed by atoms with Crippen molar-refractivity contribution in [2.24, 2.45) is 0 Å². The van der Waals surface area contributed by atoms with E-state index in [1.165, 1.54) is 89.9 Å². The number of ether oxygens (including phenoxy) is 4. The highest BCUT2D eigenvalue weighted by Gasteiger charge is 2.30. The second kappa shape index (κ2) is 73.3. The highest BCUT2D eigenvalue weighted by atomic mass is 31.2. The van der Waals surface area contributed by atoms with Crippen LogP contribution in [0.1, 0.15) is 336 Å². The van der Waals surface area contributed by atoms with Crippen LogP contribution in [0.25, 0.3) is 0 Å². The Bertz CT molecular complexity index is 2270. The van der Waals surface area contributed by atoms with Gasteiger partial charge in [-0.15, -0.1) is 0 Å². The normalized spacial score (nSPS) is 14.4. The van der Waals surface area contributed by atoms with Crippen LogP contribution in [0.5, 0.6) is 0 Å². The summed E-state index contributed by atoms with van der Waals surface area (Å²) in [5, 5.41) is 10.6. The second-order valence-electron chi connectivity index (χ2n) is 26.3. The Morgan fingerprint density at radius 3 is 0.820 bits per heavy atom. The van der Waals surface area contributed by atoms with Gasteiger partial charge in [0.15, 0.2) is 12.2 Å². The molecule has 0 rings (SSSR count). The fourth-order valence-electron chi connectivity index (χ4n) is 10.5. The van der Waals surface area contributed by atoms with E-state index in [4.69, 9.17) is 37.0 Å². The maximum absolute atomic E-state index is 13.1. The fourth-order valence-corrected chi connectivity index (χ4v) is 12.1. The molecule has 0 heterocycles. The number of rotatable bonds is 74. The molecule has 0 aromatic carbocycles. The fraction of sp³-hybridized carbons (Fsp3) is 0.753. The Morgan fingerprint density at radius 1 is 0.290 bits per heavy atom. The standard InChI is InChI=1S/C81H142O17P2/c1-5-9-13-17-21-25-29-33-36-37-40-43-46-50-54-58-62-66-79(84)92-71-76(97-80(85)67-63-59-55-51-47-41-32-28-24-20-16-12-8-4)73-95-99(87,88)93-69-75(82)70-94-100(89,90)96-74-77(98-81(86)68-64-60-56-52-48-44-39-35-31-27-23-19-15-11-7-3)72-91-78(83)65-61-57-53-49-45-42-38-34-30-26-22-18-14-10-6-2/h9,13,21-23,25-27,33-36,38-40,43,75-77,82H,5-8,10-12,14-20,24,28-32,37,41-42,44-74H2,1-4H3,(H,87,88)(H,89,90)/b13-9-,25-21-,26-22-,27-23-,36-33-,38-34-,39-35-,43-40-. The van der Waals surface area contributed by atoms with E-state index < -0.39 is 97.5 Å². The Morgan fingerprint density at radius 2 is 0.520 bits per heavy atom. The summed E-state index contributed by atoms with van der Waals surface area (Å²) in [5.74, 6) is -2.21. The Balaban J connectivity index is 5.37. The molecular formula is C81H142O17P2. The SMILES string of the molecule is CC/C=C\C/C=C\C/C=C\C/C=C\CCCCCCC(=O)OCC(COP(=O)(O)OCC(O)COP(=O)(O)OCC(COC(=O)CCCCCCC/C=C\C/C=C\CCCCC)OC(=O)CCCCCCC/C=C\C/C=C\CCCCC)OC(=O)CCCCCCCCCCCCCCC. The topological polar surface area (TPSA) is 237 Å². The molecule has 0 spiro atoms. The summed E-state index contributed by atoms with van der Waals surface area (Å²) >= 11 is 0. The first-order valence-corrected chi connectivity index (χ1v) is 42.5. The van der Waals surface area contributed by atoms with Gasteiger partial charge in [0.2, 0.25) is 0 Å². The van der Waals surface area contributed by atoms with Crippen molar-refractivity contribution in [2.75, 3.05) is 39.6 Å². The zero-order valence-corrected chi connectivity index (χ0v) is 64.9. The zero-order chi connectivity index (χ0) is 73.2. The number of phosphoric ester groups is 2. The lowest BCUT2D eigenvalue weighted by molar-refractivity contribution is -0.161. The van der Waals surface area contributed by atoms with Crippen LogP contribution in [-0.4, -0.2) is 96.7 Å². The Kier molecular flexibility index (Phi) is 70.4. The first-order valence-electron chi connectivity index (χ1n) is 39.5. The summed E-state index contributed by atoms with van der Waals surface area (Å²) in [6, 6.07) is 0. The van der Waals surface area contributed by atoms with Crippen molar-refractivity contribution in [3.8, 4) is 0 Å². The van der Waals surface area contributed by atoms with E-state index in [0.717, 1.165) is 167 Å². The Labute approximate surface area is 607 Å². The van der Waals surface area contributed by atoms with Crippen molar-refractivity contribution in [1.29, 1.82) is 0 Å². The van der Waals surface area contributed by atoms with Crippen LogP contribution in [0.3, 0.4) is 0 Å². The van der Waals surface area contributed by atoms with Gasteiger partial charge in [0.1, 0.15) is 19.3 Å². The molecule has 5 atom stereocenters. The summed E-state index contributed by atoms with van der Waals surface area (Å²) in [6.45, 7) is 4.69. The molecule has 3 N–H and O–H groups in total. The molecule has 0 aromatic heterocycles. The van der Waals surface area contributed by atoms with Gasteiger partial charge in [-0.3, -0.25) is 37.3 Å². The van der Waals surface area contributed by atoms with Crippen LogP contribution in [0.2, 0.25) is 0 Å². The molecule has 100 heavy (non-hydrogen) atoms. The van der Waals surface area contributed by atoms with Crippen LogP contribution < -0.4 is 0 Å². The predicted octanol–water partition coefficient (Wildman–Crippen LogP) is 22.8. The molecule has 0 aliphatic rings. The minimum absolute atomic E-state index is 0.0763. The molecule has 5 unspecified atom stereocenters. The lowest BCUT2D eigenvalue weighted by Gasteiger charge is -2.21. The first kappa shape index (κ1) is 96.0. The molecular weight excluding hydrogens is 1310 g/mol. The monoisotopic (exact) mass is 1450 g/mol. The largest absolute Gasteiger partial charge is 0.472 e. The molecule has 0 aliphatic heterocycles. The molecule has 0 aromatic rings. The maximum atomic E-state index is 13.1. The van der Waals surface area contributed by atoms with Gasteiger partial charge in [0, 0.05) is 25.7 Å². The molecule has 19 heteroatoms. The quantitative estimate of drug-likeness (QED) is 0.0169. The van der Waals surface area contributed by atoms with E-state index in [1.54, 1.807) is 0 Å².